The summed E-state index contributed by atoms with van der Waals surface area (Å²) in [5, 5.41) is 9.11. The lowest BCUT2D eigenvalue weighted by Crippen LogP contribution is -2.19. The summed E-state index contributed by atoms with van der Waals surface area (Å²) in [5.41, 5.74) is 1.19. The van der Waals surface area contributed by atoms with Crippen molar-refractivity contribution in [2.75, 3.05) is 6.61 Å². The summed E-state index contributed by atoms with van der Waals surface area (Å²) in [4.78, 5) is 0. The van der Waals surface area contributed by atoms with Crippen LogP contribution in [-0.4, -0.2) is 17.3 Å². The first-order valence-corrected chi connectivity index (χ1v) is 5.39. The fraction of sp³-hybridized carbons (Fsp3) is 0.538. The number of aryl methyl sites for hydroxylation is 1. The van der Waals surface area contributed by atoms with E-state index in [1.165, 1.54) is 5.56 Å². The number of phenolic OH excluding ortho intramolecular Hbond substituents is 1. The fourth-order valence-electron chi connectivity index (χ4n) is 1.32. The maximum atomic E-state index is 9.11. The monoisotopic (exact) mass is 208 g/mol. The Hall–Kier alpha value is -1.02. The molecule has 2 heteroatoms. The molecule has 0 aliphatic carbocycles. The van der Waals surface area contributed by atoms with Gasteiger partial charge in [-0.1, -0.05) is 12.1 Å². The summed E-state index contributed by atoms with van der Waals surface area (Å²) >= 11 is 0. The van der Waals surface area contributed by atoms with E-state index in [2.05, 4.69) is 20.8 Å². The van der Waals surface area contributed by atoms with Crippen LogP contribution >= 0.6 is 0 Å². The van der Waals surface area contributed by atoms with E-state index >= 15 is 0 Å². The van der Waals surface area contributed by atoms with Crippen molar-refractivity contribution in [3.8, 4) is 5.75 Å². The second kappa shape index (κ2) is 5.17. The predicted molar refractivity (Wildman–Crippen MR) is 62.1 cm³/mol. The summed E-state index contributed by atoms with van der Waals surface area (Å²) in [7, 11) is 0. The van der Waals surface area contributed by atoms with E-state index in [1.54, 1.807) is 12.1 Å². The van der Waals surface area contributed by atoms with Gasteiger partial charge in [-0.3, -0.25) is 0 Å². The van der Waals surface area contributed by atoms with Crippen LogP contribution in [0.4, 0.5) is 0 Å². The van der Waals surface area contributed by atoms with E-state index in [1.807, 2.05) is 12.1 Å². The third-order valence-corrected chi connectivity index (χ3v) is 2.08. The molecular formula is C13H20O2. The van der Waals surface area contributed by atoms with Crippen LogP contribution in [0.1, 0.15) is 32.8 Å². The van der Waals surface area contributed by atoms with Crippen LogP contribution in [0.2, 0.25) is 0 Å². The van der Waals surface area contributed by atoms with Crippen molar-refractivity contribution < 1.29 is 9.84 Å². The molecule has 0 atom stereocenters. The molecule has 0 spiro atoms. The Morgan fingerprint density at radius 1 is 1.13 bits per heavy atom. The molecule has 1 aromatic carbocycles. The van der Waals surface area contributed by atoms with Gasteiger partial charge in [0.2, 0.25) is 0 Å². The number of hydrogen-bond donors (Lipinski definition) is 1. The van der Waals surface area contributed by atoms with Gasteiger partial charge in [-0.2, -0.15) is 0 Å². The number of ether oxygens (including phenoxy) is 1. The smallest absolute Gasteiger partial charge is 0.115 e. The Kier molecular flexibility index (Phi) is 4.15. The summed E-state index contributed by atoms with van der Waals surface area (Å²) in [6.45, 7) is 6.97. The van der Waals surface area contributed by atoms with E-state index in [0.29, 0.717) is 5.75 Å². The van der Waals surface area contributed by atoms with Gasteiger partial charge in [-0.25, -0.2) is 0 Å². The highest BCUT2D eigenvalue weighted by Crippen LogP contribution is 2.12. The second-order valence-corrected chi connectivity index (χ2v) is 4.73. The molecule has 0 saturated carbocycles. The highest BCUT2D eigenvalue weighted by Gasteiger charge is 2.08. The molecule has 2 nitrogen and oxygen atoms in total. The van der Waals surface area contributed by atoms with E-state index in [4.69, 9.17) is 9.84 Å². The average Bonchev–Trinajstić information content (AvgIpc) is 2.14. The van der Waals surface area contributed by atoms with E-state index in [-0.39, 0.29) is 5.60 Å². The zero-order valence-electron chi connectivity index (χ0n) is 9.79. The van der Waals surface area contributed by atoms with Gasteiger partial charge in [0.25, 0.3) is 0 Å². The van der Waals surface area contributed by atoms with Crippen LogP contribution in [0.3, 0.4) is 0 Å². The molecule has 15 heavy (non-hydrogen) atoms. The highest BCUT2D eigenvalue weighted by atomic mass is 16.5. The largest absolute Gasteiger partial charge is 0.508 e. The highest BCUT2D eigenvalue weighted by molar-refractivity contribution is 5.25. The van der Waals surface area contributed by atoms with Crippen molar-refractivity contribution in [1.82, 2.24) is 0 Å². The van der Waals surface area contributed by atoms with Gasteiger partial charge in [0.15, 0.2) is 0 Å². The molecule has 1 aromatic rings. The van der Waals surface area contributed by atoms with Gasteiger partial charge in [0.05, 0.1) is 5.60 Å². The molecule has 0 saturated heterocycles. The number of benzene rings is 1. The van der Waals surface area contributed by atoms with E-state index < -0.39 is 0 Å². The van der Waals surface area contributed by atoms with Crippen LogP contribution in [0.25, 0.3) is 0 Å². The topological polar surface area (TPSA) is 29.5 Å². The molecule has 0 unspecified atom stereocenters. The minimum Gasteiger partial charge on any atom is -0.508 e. The molecule has 0 radical (unpaired) electrons. The van der Waals surface area contributed by atoms with Gasteiger partial charge in [0.1, 0.15) is 5.75 Å². The summed E-state index contributed by atoms with van der Waals surface area (Å²) in [6.07, 6.45) is 2.01. The third kappa shape index (κ3) is 5.43. The Morgan fingerprint density at radius 2 is 1.73 bits per heavy atom. The Morgan fingerprint density at radius 3 is 2.27 bits per heavy atom. The second-order valence-electron chi connectivity index (χ2n) is 4.73. The minimum absolute atomic E-state index is 0.0467. The molecule has 84 valence electrons. The maximum Gasteiger partial charge on any atom is 0.115 e. The van der Waals surface area contributed by atoms with E-state index in [9.17, 15) is 0 Å². The fourth-order valence-corrected chi connectivity index (χ4v) is 1.32. The van der Waals surface area contributed by atoms with Gasteiger partial charge >= 0.3 is 0 Å². The number of rotatable bonds is 4. The van der Waals surface area contributed by atoms with Gasteiger partial charge in [-0.05, 0) is 51.3 Å². The van der Waals surface area contributed by atoms with Crippen molar-refractivity contribution in [2.45, 2.75) is 39.2 Å². The van der Waals surface area contributed by atoms with Crippen molar-refractivity contribution in [1.29, 1.82) is 0 Å². The van der Waals surface area contributed by atoms with Gasteiger partial charge in [-0.15, -0.1) is 0 Å². The zero-order chi connectivity index (χ0) is 11.3. The van der Waals surface area contributed by atoms with Crippen molar-refractivity contribution >= 4 is 0 Å². The molecule has 0 bridgehead atoms. The molecule has 0 aliphatic heterocycles. The summed E-state index contributed by atoms with van der Waals surface area (Å²) in [5.74, 6) is 0.324. The normalized spacial score (nSPS) is 11.7. The van der Waals surface area contributed by atoms with Gasteiger partial charge in [0, 0.05) is 6.61 Å². The molecule has 1 N–H and O–H groups in total. The number of hydrogen-bond acceptors (Lipinski definition) is 2. The average molecular weight is 208 g/mol. The first-order chi connectivity index (χ1) is 6.97. The third-order valence-electron chi connectivity index (χ3n) is 2.08. The lowest BCUT2D eigenvalue weighted by atomic mass is 10.1. The molecule has 1 rings (SSSR count). The standard InChI is InChI=1S/C13H20O2/c1-13(2,3)15-10-4-5-11-6-8-12(14)9-7-11/h6-9,14H,4-5,10H2,1-3H3. The molecule has 0 fully saturated rings. The Labute approximate surface area is 91.9 Å². The Bertz CT molecular complexity index is 282. The van der Waals surface area contributed by atoms with Crippen LogP contribution in [0.15, 0.2) is 24.3 Å². The molecule has 0 aromatic heterocycles. The van der Waals surface area contributed by atoms with Crippen molar-refractivity contribution in [3.05, 3.63) is 29.8 Å². The number of aromatic hydroxyl groups is 1. The first-order valence-electron chi connectivity index (χ1n) is 5.39. The minimum atomic E-state index is -0.0467. The molecular weight excluding hydrogens is 188 g/mol. The van der Waals surface area contributed by atoms with Crippen molar-refractivity contribution in [3.63, 3.8) is 0 Å². The van der Waals surface area contributed by atoms with Crippen LogP contribution in [0.5, 0.6) is 5.75 Å². The molecule has 0 amide bonds. The van der Waals surface area contributed by atoms with Gasteiger partial charge < -0.3 is 9.84 Å². The van der Waals surface area contributed by atoms with E-state index in [0.717, 1.165) is 19.4 Å². The zero-order valence-corrected chi connectivity index (χ0v) is 9.79. The van der Waals surface area contributed by atoms with Crippen LogP contribution < -0.4 is 0 Å². The first kappa shape index (κ1) is 12.1. The summed E-state index contributed by atoms with van der Waals surface area (Å²) < 4.78 is 5.63. The van der Waals surface area contributed by atoms with Crippen LogP contribution in [-0.2, 0) is 11.2 Å². The molecule has 0 aliphatic rings. The quantitative estimate of drug-likeness (QED) is 0.770. The lowest BCUT2D eigenvalue weighted by molar-refractivity contribution is -0.00384. The SMILES string of the molecule is CC(C)(C)OCCCc1ccc(O)cc1. The summed E-state index contributed by atoms with van der Waals surface area (Å²) in [6, 6.07) is 7.35. The maximum absolute atomic E-state index is 9.11. The predicted octanol–water partition coefficient (Wildman–Crippen LogP) is 3.14. The molecule has 0 heterocycles. The Balaban J connectivity index is 2.23. The lowest BCUT2D eigenvalue weighted by Gasteiger charge is -2.19. The number of phenols is 1. The van der Waals surface area contributed by atoms with Crippen LogP contribution in [0, 0.1) is 0 Å². The van der Waals surface area contributed by atoms with Crippen molar-refractivity contribution in [2.24, 2.45) is 0 Å².